The van der Waals surface area contributed by atoms with Crippen LogP contribution in [0.1, 0.15) is 87.4 Å². The molecule has 6 rings (SSSR count). The quantitative estimate of drug-likeness (QED) is 0.0130. The monoisotopic (exact) mass is 1030 g/mol. The largest absolute Gasteiger partial charge is 0.494 e. The summed E-state index contributed by atoms with van der Waals surface area (Å²) in [5.41, 5.74) is 3.67. The lowest BCUT2D eigenvalue weighted by Gasteiger charge is -2.27. The van der Waals surface area contributed by atoms with Gasteiger partial charge >= 0.3 is 29.8 Å². The number of ether oxygens (including phenoxy) is 9. The molecule has 1 saturated carbocycles. The van der Waals surface area contributed by atoms with Gasteiger partial charge in [0.2, 0.25) is 0 Å². The van der Waals surface area contributed by atoms with Crippen molar-refractivity contribution >= 4 is 40.9 Å². The molecule has 0 bridgehead atoms. The van der Waals surface area contributed by atoms with Gasteiger partial charge in [0.05, 0.1) is 73.0 Å². The molecule has 0 atom stereocenters. The summed E-state index contributed by atoms with van der Waals surface area (Å²) in [6, 6.07) is 26.3. The van der Waals surface area contributed by atoms with Crippen LogP contribution in [-0.2, 0) is 42.9 Å². The number of benzene rings is 4. The van der Waals surface area contributed by atoms with Crippen LogP contribution in [0.4, 0.5) is 0 Å². The number of carbonyl (C=O) groups excluding carboxylic acids is 5. The molecule has 0 N–H and O–H groups in total. The lowest BCUT2D eigenvalue weighted by molar-refractivity contribution is -0.141. The first-order valence-corrected chi connectivity index (χ1v) is 25.5. The van der Waals surface area contributed by atoms with Gasteiger partial charge in [0.25, 0.3) is 0 Å². The fraction of sp³-hybridized carbons (Fsp3) is 0.373. The zero-order valence-electron chi connectivity index (χ0n) is 42.4. The molecule has 1 aromatic heterocycles. The second kappa shape index (κ2) is 31.1. The first-order valence-electron chi connectivity index (χ1n) is 25.5. The van der Waals surface area contributed by atoms with Gasteiger partial charge in [-0.15, -0.1) is 0 Å². The zero-order valence-corrected chi connectivity index (χ0v) is 42.4. The number of aromatic nitrogens is 2. The SMILES string of the molecule is C=CC(=O)OCCCCCCOc1ccc(C(=O)Oc2cccc(-c3nc4cc(OCCOCCOC(=O)C=C)ccc4nc3-c3cccc(OC(=O)C4CCC(OCCCCCCOC(=O)C=C)CC4)c3)c2)cc1. The predicted molar refractivity (Wildman–Crippen MR) is 281 cm³/mol. The first kappa shape index (κ1) is 56.6. The lowest BCUT2D eigenvalue weighted by Crippen LogP contribution is -2.29. The van der Waals surface area contributed by atoms with Gasteiger partial charge in [0, 0.05) is 42.0 Å². The number of nitrogens with zero attached hydrogens (tertiary/aromatic N) is 2. The van der Waals surface area contributed by atoms with Crippen molar-refractivity contribution in [2.75, 3.05) is 52.9 Å². The molecule has 1 heterocycles. The fourth-order valence-corrected chi connectivity index (χ4v) is 8.06. The maximum absolute atomic E-state index is 13.6. The topological polar surface area (TPSA) is 194 Å². The number of esters is 5. The Kier molecular flexibility index (Phi) is 23.5. The highest BCUT2D eigenvalue weighted by Crippen LogP contribution is 2.36. The van der Waals surface area contributed by atoms with Crippen molar-refractivity contribution in [1.29, 1.82) is 0 Å². The van der Waals surface area contributed by atoms with E-state index in [4.69, 9.17) is 52.6 Å². The van der Waals surface area contributed by atoms with Gasteiger partial charge in [-0.25, -0.2) is 29.1 Å². The molecule has 1 aliphatic rings. The summed E-state index contributed by atoms with van der Waals surface area (Å²) in [5, 5.41) is 0. The number of fused-ring (bicyclic) bond motifs is 1. The van der Waals surface area contributed by atoms with E-state index < -0.39 is 23.9 Å². The summed E-state index contributed by atoms with van der Waals surface area (Å²) in [6.45, 7) is 12.8. The van der Waals surface area contributed by atoms with Gasteiger partial charge in [-0.05, 0) is 131 Å². The van der Waals surface area contributed by atoms with Crippen molar-refractivity contribution < 1.29 is 66.6 Å². The molecular formula is C59H66N2O14. The van der Waals surface area contributed by atoms with Crippen LogP contribution in [0.15, 0.2) is 129 Å². The Morgan fingerprint density at radius 3 is 1.61 bits per heavy atom. The Morgan fingerprint density at radius 1 is 0.480 bits per heavy atom. The second-order valence-electron chi connectivity index (χ2n) is 17.6. The Labute approximate surface area is 438 Å². The predicted octanol–water partition coefficient (Wildman–Crippen LogP) is 10.7. The van der Waals surface area contributed by atoms with E-state index in [1.165, 1.54) is 6.08 Å². The summed E-state index contributed by atoms with van der Waals surface area (Å²) < 4.78 is 50.4. The van der Waals surface area contributed by atoms with Crippen molar-refractivity contribution in [1.82, 2.24) is 9.97 Å². The minimum absolute atomic E-state index is 0.0933. The average Bonchev–Trinajstić information content (AvgIpc) is 3.43. The van der Waals surface area contributed by atoms with Gasteiger partial charge < -0.3 is 42.6 Å². The van der Waals surface area contributed by atoms with E-state index in [0.29, 0.717) is 95.6 Å². The Morgan fingerprint density at radius 2 is 1.00 bits per heavy atom. The fourth-order valence-electron chi connectivity index (χ4n) is 8.06. The highest BCUT2D eigenvalue weighted by Gasteiger charge is 2.28. The van der Waals surface area contributed by atoms with Crippen molar-refractivity contribution in [2.45, 2.75) is 83.2 Å². The standard InChI is InChI=1S/C59H66N2O14/c1-4-53(62)71-33-13-9-7-11-31-68-46-25-21-42(22-26-46)58(65)74-49-19-15-17-44(39-49)56-57(61-52-41-48(29-30-51(52)60-56)70-37-35-67-36-38-73-55(64)6-3)45-18-16-20-50(40-45)75-59(66)43-23-27-47(28-24-43)69-32-12-8-10-14-34-72-54(63)5-2/h4-6,15-20,23-24,27-30,39-42,46H,1-3,7-14,21-22,25-26,31-38H2. The van der Waals surface area contributed by atoms with E-state index in [-0.39, 0.29) is 50.2 Å². The number of carbonyl (C=O) groups is 5. The van der Waals surface area contributed by atoms with Gasteiger partial charge in [-0.2, -0.15) is 0 Å². The summed E-state index contributed by atoms with van der Waals surface area (Å²) in [5.74, 6) is -0.662. The molecule has 4 aromatic carbocycles. The molecule has 75 heavy (non-hydrogen) atoms. The molecule has 5 aromatic rings. The maximum atomic E-state index is 13.6. The van der Waals surface area contributed by atoms with Crippen molar-refractivity contribution in [2.24, 2.45) is 5.92 Å². The highest BCUT2D eigenvalue weighted by molar-refractivity contribution is 5.92. The van der Waals surface area contributed by atoms with Crippen LogP contribution >= 0.6 is 0 Å². The van der Waals surface area contributed by atoms with E-state index in [1.54, 1.807) is 78.9 Å². The number of hydrogen-bond donors (Lipinski definition) is 0. The van der Waals surface area contributed by atoms with Gasteiger partial charge in [0.1, 0.15) is 36.2 Å². The summed E-state index contributed by atoms with van der Waals surface area (Å²) in [6.07, 6.45) is 13.4. The smallest absolute Gasteiger partial charge is 0.343 e. The molecule has 0 spiro atoms. The molecule has 16 heteroatoms. The summed E-state index contributed by atoms with van der Waals surface area (Å²) in [7, 11) is 0. The van der Waals surface area contributed by atoms with E-state index in [2.05, 4.69) is 19.7 Å². The van der Waals surface area contributed by atoms with E-state index in [9.17, 15) is 24.0 Å². The van der Waals surface area contributed by atoms with E-state index >= 15 is 0 Å². The zero-order chi connectivity index (χ0) is 53.0. The highest BCUT2D eigenvalue weighted by atomic mass is 16.6. The molecule has 0 aliphatic heterocycles. The van der Waals surface area contributed by atoms with Crippen LogP contribution in [0, 0.1) is 5.92 Å². The molecule has 0 radical (unpaired) electrons. The lowest BCUT2D eigenvalue weighted by atomic mass is 9.87. The van der Waals surface area contributed by atoms with Crippen molar-refractivity contribution in [3.05, 3.63) is 135 Å². The van der Waals surface area contributed by atoms with Crippen LogP contribution < -0.4 is 18.9 Å². The van der Waals surface area contributed by atoms with Crippen molar-refractivity contribution in [3.63, 3.8) is 0 Å². The maximum Gasteiger partial charge on any atom is 0.343 e. The molecular weight excluding hydrogens is 961 g/mol. The third-order valence-electron chi connectivity index (χ3n) is 12.0. The number of rotatable bonds is 32. The molecule has 396 valence electrons. The molecule has 1 fully saturated rings. The molecule has 0 saturated heterocycles. The van der Waals surface area contributed by atoms with Crippen LogP contribution in [0.5, 0.6) is 23.0 Å². The molecule has 1 aliphatic carbocycles. The Bertz CT molecular complexity index is 2700. The van der Waals surface area contributed by atoms with Gasteiger partial charge in [0.15, 0.2) is 0 Å². The molecule has 0 amide bonds. The minimum atomic E-state index is -0.561. The second-order valence-corrected chi connectivity index (χ2v) is 17.6. The van der Waals surface area contributed by atoms with E-state index in [0.717, 1.165) is 76.4 Å². The van der Waals surface area contributed by atoms with Gasteiger partial charge in [-0.1, -0.05) is 50.4 Å². The third-order valence-corrected chi connectivity index (χ3v) is 12.0. The van der Waals surface area contributed by atoms with Crippen LogP contribution in [0.25, 0.3) is 33.5 Å². The van der Waals surface area contributed by atoms with Gasteiger partial charge in [-0.3, -0.25) is 4.79 Å². The Hall–Kier alpha value is -7.69. The average molecular weight is 1030 g/mol. The first-order chi connectivity index (χ1) is 36.6. The summed E-state index contributed by atoms with van der Waals surface area (Å²) in [4.78, 5) is 70.9. The summed E-state index contributed by atoms with van der Waals surface area (Å²) >= 11 is 0. The van der Waals surface area contributed by atoms with Crippen LogP contribution in [0.3, 0.4) is 0 Å². The Balaban J connectivity index is 1.10. The number of unbranched alkanes of at least 4 members (excludes halogenated alkanes) is 6. The molecule has 0 unspecified atom stereocenters. The normalized spacial score (nSPS) is 14.0. The third kappa shape index (κ3) is 19.3. The van der Waals surface area contributed by atoms with Crippen molar-refractivity contribution in [3.8, 4) is 45.5 Å². The molecule has 16 nitrogen and oxygen atoms in total. The van der Waals surface area contributed by atoms with E-state index in [1.807, 2.05) is 12.1 Å². The number of hydrogen-bond acceptors (Lipinski definition) is 16. The van der Waals surface area contributed by atoms with Crippen LogP contribution in [0.2, 0.25) is 0 Å². The minimum Gasteiger partial charge on any atom is -0.494 e. The van der Waals surface area contributed by atoms with Crippen LogP contribution in [-0.4, -0.2) is 98.8 Å².